The lowest BCUT2D eigenvalue weighted by molar-refractivity contribution is 0.648. The van der Waals surface area contributed by atoms with Crippen LogP contribution in [0.1, 0.15) is 12.2 Å². The Hall–Kier alpha value is -0.700. The number of nitrogens with one attached hydrogen (secondary N) is 1. The van der Waals surface area contributed by atoms with Gasteiger partial charge in [0.05, 0.1) is 6.20 Å². The minimum absolute atomic E-state index is 0.676. The average Bonchev–Trinajstić information content (AvgIpc) is 2.34. The van der Waals surface area contributed by atoms with Crippen LogP contribution in [-0.2, 0) is 6.42 Å². The molecule has 0 aromatic carbocycles. The Morgan fingerprint density at radius 3 is 3.40 bits per heavy atom. The second-order valence-electron chi connectivity index (χ2n) is 2.34. The highest BCUT2D eigenvalue weighted by molar-refractivity contribution is 6.29. The summed E-state index contributed by atoms with van der Waals surface area (Å²) in [7, 11) is 0. The summed E-state index contributed by atoms with van der Waals surface area (Å²) in [5, 5.41) is 0.676. The Labute approximate surface area is 64.0 Å². The first kappa shape index (κ1) is 6.04. The van der Waals surface area contributed by atoms with E-state index in [9.17, 15) is 0 Å². The van der Waals surface area contributed by atoms with Gasteiger partial charge in [-0.05, 0) is 6.42 Å². The summed E-state index contributed by atoms with van der Waals surface area (Å²) in [6.07, 6.45) is 3.85. The van der Waals surface area contributed by atoms with Gasteiger partial charge in [0.25, 0.3) is 0 Å². The first-order valence-electron chi connectivity index (χ1n) is 3.34. The SMILES string of the molecule is Clc1cnc2n1NCCC2. The molecule has 1 N–H and O–H groups in total. The van der Waals surface area contributed by atoms with Crippen molar-refractivity contribution in [1.29, 1.82) is 0 Å². The molecular formula is C6H8ClN3. The van der Waals surface area contributed by atoms with Crippen molar-refractivity contribution in [2.45, 2.75) is 12.8 Å². The molecule has 0 amide bonds. The number of aryl methyl sites for hydroxylation is 1. The molecule has 0 aliphatic carbocycles. The van der Waals surface area contributed by atoms with Crippen LogP contribution in [0.3, 0.4) is 0 Å². The first-order valence-corrected chi connectivity index (χ1v) is 3.72. The molecule has 2 rings (SSSR count). The molecule has 1 aromatic rings. The van der Waals surface area contributed by atoms with Crippen LogP contribution in [0.5, 0.6) is 0 Å². The van der Waals surface area contributed by atoms with Crippen LogP contribution in [0, 0.1) is 0 Å². The fraction of sp³-hybridized carbons (Fsp3) is 0.500. The molecule has 3 nitrogen and oxygen atoms in total. The van der Waals surface area contributed by atoms with Gasteiger partial charge in [0.2, 0.25) is 0 Å². The summed E-state index contributed by atoms with van der Waals surface area (Å²) in [5.74, 6) is 1.04. The summed E-state index contributed by atoms with van der Waals surface area (Å²) in [6.45, 7) is 0.989. The third-order valence-electron chi connectivity index (χ3n) is 1.64. The predicted octanol–water partition coefficient (Wildman–Crippen LogP) is 1.03. The van der Waals surface area contributed by atoms with E-state index in [1.807, 2.05) is 4.68 Å². The molecule has 0 atom stereocenters. The maximum atomic E-state index is 5.80. The molecule has 0 bridgehead atoms. The molecule has 10 heavy (non-hydrogen) atoms. The molecule has 0 saturated heterocycles. The summed E-state index contributed by atoms with van der Waals surface area (Å²) in [4.78, 5) is 4.12. The zero-order valence-corrected chi connectivity index (χ0v) is 6.23. The van der Waals surface area contributed by atoms with Crippen molar-refractivity contribution in [3.05, 3.63) is 17.2 Å². The fourth-order valence-electron chi connectivity index (χ4n) is 1.15. The molecule has 2 heterocycles. The van der Waals surface area contributed by atoms with Gasteiger partial charge in [-0.3, -0.25) is 0 Å². The van der Waals surface area contributed by atoms with Crippen LogP contribution in [0.2, 0.25) is 5.15 Å². The highest BCUT2D eigenvalue weighted by Crippen LogP contribution is 2.13. The van der Waals surface area contributed by atoms with Gasteiger partial charge < -0.3 is 5.43 Å². The van der Waals surface area contributed by atoms with Crippen molar-refractivity contribution in [2.75, 3.05) is 12.0 Å². The summed E-state index contributed by atoms with van der Waals surface area (Å²) >= 11 is 5.80. The first-order chi connectivity index (χ1) is 4.88. The molecule has 4 heteroatoms. The van der Waals surface area contributed by atoms with E-state index in [-0.39, 0.29) is 0 Å². The number of fused-ring (bicyclic) bond motifs is 1. The van der Waals surface area contributed by atoms with Gasteiger partial charge in [-0.2, -0.15) is 0 Å². The average molecular weight is 158 g/mol. The van der Waals surface area contributed by atoms with Crippen molar-refractivity contribution >= 4 is 11.6 Å². The zero-order valence-electron chi connectivity index (χ0n) is 5.47. The Morgan fingerprint density at radius 2 is 2.60 bits per heavy atom. The molecule has 54 valence electrons. The van der Waals surface area contributed by atoms with E-state index < -0.39 is 0 Å². The normalized spacial score (nSPS) is 16.1. The maximum Gasteiger partial charge on any atom is 0.148 e. The van der Waals surface area contributed by atoms with Crippen molar-refractivity contribution in [2.24, 2.45) is 0 Å². The second-order valence-corrected chi connectivity index (χ2v) is 2.73. The van der Waals surface area contributed by atoms with Gasteiger partial charge in [-0.25, -0.2) is 9.66 Å². The number of nitrogens with zero attached hydrogens (tertiary/aromatic N) is 2. The fourth-order valence-corrected chi connectivity index (χ4v) is 1.35. The van der Waals surface area contributed by atoms with Crippen LogP contribution in [-0.4, -0.2) is 16.2 Å². The highest BCUT2D eigenvalue weighted by atomic mass is 35.5. The number of hydrogen-bond donors (Lipinski definition) is 1. The van der Waals surface area contributed by atoms with Gasteiger partial charge in [0.15, 0.2) is 0 Å². The minimum Gasteiger partial charge on any atom is -0.323 e. The summed E-state index contributed by atoms with van der Waals surface area (Å²) in [5.41, 5.74) is 3.13. The minimum atomic E-state index is 0.676. The van der Waals surface area contributed by atoms with Crippen LogP contribution < -0.4 is 5.43 Å². The van der Waals surface area contributed by atoms with E-state index in [0.717, 1.165) is 25.2 Å². The smallest absolute Gasteiger partial charge is 0.148 e. The van der Waals surface area contributed by atoms with E-state index in [1.165, 1.54) is 0 Å². The molecule has 0 fully saturated rings. The monoisotopic (exact) mass is 157 g/mol. The van der Waals surface area contributed by atoms with Crippen molar-refractivity contribution in [1.82, 2.24) is 9.66 Å². The van der Waals surface area contributed by atoms with E-state index in [0.29, 0.717) is 5.15 Å². The van der Waals surface area contributed by atoms with E-state index in [4.69, 9.17) is 11.6 Å². The standard InChI is InChI=1S/C6H8ClN3/c7-5-4-8-6-2-1-3-9-10(5)6/h4,9H,1-3H2. The van der Waals surface area contributed by atoms with E-state index in [2.05, 4.69) is 10.4 Å². The topological polar surface area (TPSA) is 29.9 Å². The molecular weight excluding hydrogens is 150 g/mol. The number of hydrogen-bond acceptors (Lipinski definition) is 2. The van der Waals surface area contributed by atoms with Crippen LogP contribution in [0.15, 0.2) is 6.20 Å². The van der Waals surface area contributed by atoms with Crippen molar-refractivity contribution in [3.8, 4) is 0 Å². The predicted molar refractivity (Wildman–Crippen MR) is 39.8 cm³/mol. The van der Waals surface area contributed by atoms with Gasteiger partial charge in [0, 0.05) is 13.0 Å². The quantitative estimate of drug-likeness (QED) is 0.610. The lowest BCUT2D eigenvalue weighted by Gasteiger charge is -2.16. The Balaban J connectivity index is 2.45. The van der Waals surface area contributed by atoms with Gasteiger partial charge in [0.1, 0.15) is 11.0 Å². The largest absolute Gasteiger partial charge is 0.323 e. The molecule has 0 spiro atoms. The molecule has 0 saturated carbocycles. The lowest BCUT2D eigenvalue weighted by atomic mass is 10.3. The molecule has 1 aliphatic rings. The lowest BCUT2D eigenvalue weighted by Crippen LogP contribution is -2.24. The Morgan fingerprint density at radius 1 is 1.70 bits per heavy atom. The number of rotatable bonds is 0. The molecule has 0 unspecified atom stereocenters. The Bertz CT molecular complexity index is 243. The van der Waals surface area contributed by atoms with E-state index in [1.54, 1.807) is 6.20 Å². The molecule has 0 radical (unpaired) electrons. The van der Waals surface area contributed by atoms with Crippen molar-refractivity contribution < 1.29 is 0 Å². The van der Waals surface area contributed by atoms with Crippen LogP contribution in [0.4, 0.5) is 0 Å². The number of aromatic nitrogens is 2. The Kier molecular flexibility index (Phi) is 1.31. The molecule has 1 aromatic heterocycles. The zero-order chi connectivity index (χ0) is 6.97. The second kappa shape index (κ2) is 2.16. The molecule has 1 aliphatic heterocycles. The van der Waals surface area contributed by atoms with E-state index >= 15 is 0 Å². The number of imidazole rings is 1. The van der Waals surface area contributed by atoms with Gasteiger partial charge in [-0.15, -0.1) is 0 Å². The summed E-state index contributed by atoms with van der Waals surface area (Å²) < 4.78 is 1.84. The number of halogens is 1. The van der Waals surface area contributed by atoms with Crippen molar-refractivity contribution in [3.63, 3.8) is 0 Å². The third-order valence-corrected chi connectivity index (χ3v) is 1.91. The van der Waals surface area contributed by atoms with Gasteiger partial charge >= 0.3 is 0 Å². The van der Waals surface area contributed by atoms with Crippen LogP contribution >= 0.6 is 11.6 Å². The summed E-state index contributed by atoms with van der Waals surface area (Å²) in [6, 6.07) is 0. The van der Waals surface area contributed by atoms with Gasteiger partial charge in [-0.1, -0.05) is 11.6 Å². The highest BCUT2D eigenvalue weighted by Gasteiger charge is 2.10. The van der Waals surface area contributed by atoms with Crippen LogP contribution in [0.25, 0.3) is 0 Å². The maximum absolute atomic E-state index is 5.80. The third kappa shape index (κ3) is 0.778.